The molecule has 2 heterocycles. The predicted molar refractivity (Wildman–Crippen MR) is 66.9 cm³/mol. The summed E-state index contributed by atoms with van der Waals surface area (Å²) in [6.45, 7) is 0. The van der Waals surface area contributed by atoms with Crippen LogP contribution in [0.3, 0.4) is 0 Å². The molecule has 84 valence electrons. The number of nitrogens with zero attached hydrogens (tertiary/aromatic N) is 2. The number of imidazole rings is 1. The lowest BCUT2D eigenvalue weighted by Gasteiger charge is -2.02. The van der Waals surface area contributed by atoms with Crippen LogP contribution in [0.2, 0.25) is 0 Å². The van der Waals surface area contributed by atoms with E-state index < -0.39 is 0 Å². The maximum atomic E-state index is 12.1. The summed E-state index contributed by atoms with van der Waals surface area (Å²) in [4.78, 5) is 17.8. The molecular weight excluding hydrogens is 236 g/mol. The van der Waals surface area contributed by atoms with Crippen molar-refractivity contribution in [2.75, 3.05) is 0 Å². The summed E-state index contributed by atoms with van der Waals surface area (Å²) < 4.78 is 1.76. The van der Waals surface area contributed by atoms with Crippen molar-refractivity contribution in [3.8, 4) is 5.69 Å². The first-order valence-electron chi connectivity index (χ1n) is 5.01. The Kier molecular flexibility index (Phi) is 2.15. The molecule has 0 spiro atoms. The normalized spacial score (nSPS) is 10.8. The number of hydrogen-bond donors (Lipinski definition) is 2. The summed E-state index contributed by atoms with van der Waals surface area (Å²) in [5, 5.41) is 4.10. The Balaban J connectivity index is 2.36. The molecule has 6 heteroatoms. The number of rotatable bonds is 1. The van der Waals surface area contributed by atoms with Crippen LogP contribution >= 0.6 is 12.2 Å². The summed E-state index contributed by atoms with van der Waals surface area (Å²) in [7, 11) is 0. The Morgan fingerprint density at radius 2 is 1.94 bits per heavy atom. The van der Waals surface area contributed by atoms with Gasteiger partial charge in [-0.2, -0.15) is 9.78 Å². The average Bonchev–Trinajstić information content (AvgIpc) is 2.72. The van der Waals surface area contributed by atoms with Gasteiger partial charge in [-0.15, -0.1) is 0 Å². The summed E-state index contributed by atoms with van der Waals surface area (Å²) >= 11 is 4.95. The topological polar surface area (TPSA) is 66.5 Å². The molecule has 0 saturated carbocycles. The van der Waals surface area contributed by atoms with E-state index in [1.54, 1.807) is 6.20 Å². The van der Waals surface area contributed by atoms with Crippen molar-refractivity contribution in [3.05, 3.63) is 51.7 Å². The van der Waals surface area contributed by atoms with Gasteiger partial charge in [0.05, 0.1) is 17.4 Å². The molecule has 3 aromatic rings. The molecule has 0 saturated heterocycles. The molecule has 0 atom stereocenters. The van der Waals surface area contributed by atoms with E-state index >= 15 is 0 Å². The van der Waals surface area contributed by atoms with Crippen molar-refractivity contribution < 1.29 is 0 Å². The Morgan fingerprint density at radius 3 is 2.71 bits per heavy atom. The molecule has 2 aromatic heterocycles. The van der Waals surface area contributed by atoms with E-state index in [1.807, 2.05) is 30.3 Å². The van der Waals surface area contributed by atoms with E-state index in [9.17, 15) is 4.79 Å². The molecular formula is C11H8N4OS. The minimum atomic E-state index is -0.221. The third-order valence-corrected chi connectivity index (χ3v) is 2.67. The lowest BCUT2D eigenvalue weighted by Crippen LogP contribution is -2.20. The van der Waals surface area contributed by atoms with Gasteiger partial charge in [0.25, 0.3) is 5.56 Å². The van der Waals surface area contributed by atoms with Crippen molar-refractivity contribution in [2.24, 2.45) is 0 Å². The molecule has 0 amide bonds. The molecule has 5 nitrogen and oxygen atoms in total. The summed E-state index contributed by atoms with van der Waals surface area (Å²) in [6.07, 6.45) is 1.58. The number of H-pyrrole nitrogens is 2. The minimum Gasteiger partial charge on any atom is -0.329 e. The van der Waals surface area contributed by atoms with Gasteiger partial charge < -0.3 is 9.97 Å². The molecule has 0 unspecified atom stereocenters. The number of benzene rings is 1. The number of hydrogen-bond acceptors (Lipinski definition) is 3. The monoisotopic (exact) mass is 244 g/mol. The molecule has 0 bridgehead atoms. The highest BCUT2D eigenvalue weighted by atomic mass is 32.1. The molecule has 0 aliphatic carbocycles. The van der Waals surface area contributed by atoms with Crippen LogP contribution in [-0.2, 0) is 0 Å². The van der Waals surface area contributed by atoms with E-state index in [2.05, 4.69) is 15.1 Å². The third-order valence-electron chi connectivity index (χ3n) is 2.47. The number of nitrogens with one attached hydrogen (secondary N) is 2. The molecule has 0 aliphatic rings. The van der Waals surface area contributed by atoms with Crippen molar-refractivity contribution in [3.63, 3.8) is 0 Å². The zero-order valence-electron chi connectivity index (χ0n) is 8.68. The second-order valence-corrected chi connectivity index (χ2v) is 3.97. The zero-order chi connectivity index (χ0) is 11.8. The second-order valence-electron chi connectivity index (χ2n) is 3.56. The molecule has 2 N–H and O–H groups in total. The maximum Gasteiger partial charge on any atom is 0.297 e. The smallest absolute Gasteiger partial charge is 0.297 e. The van der Waals surface area contributed by atoms with Crippen LogP contribution in [0.25, 0.3) is 16.7 Å². The van der Waals surface area contributed by atoms with Crippen LogP contribution in [-0.4, -0.2) is 19.7 Å². The van der Waals surface area contributed by atoms with Crippen molar-refractivity contribution in [2.45, 2.75) is 0 Å². The van der Waals surface area contributed by atoms with Gasteiger partial charge >= 0.3 is 0 Å². The van der Waals surface area contributed by atoms with Crippen LogP contribution < -0.4 is 5.56 Å². The molecule has 17 heavy (non-hydrogen) atoms. The van der Waals surface area contributed by atoms with Gasteiger partial charge in [-0.1, -0.05) is 18.2 Å². The van der Waals surface area contributed by atoms with E-state index in [4.69, 9.17) is 12.2 Å². The predicted octanol–water partition coefficient (Wildman–Crippen LogP) is 1.77. The van der Waals surface area contributed by atoms with Gasteiger partial charge in [0.2, 0.25) is 0 Å². The van der Waals surface area contributed by atoms with E-state index in [0.29, 0.717) is 15.8 Å². The number of aromatic amines is 2. The molecule has 3 rings (SSSR count). The van der Waals surface area contributed by atoms with Crippen LogP contribution in [0, 0.1) is 4.77 Å². The first-order chi connectivity index (χ1) is 8.25. The first kappa shape index (κ1) is 9.98. The van der Waals surface area contributed by atoms with Crippen molar-refractivity contribution in [1.82, 2.24) is 19.7 Å². The SMILES string of the molecule is O=c1c2[nH]c(=S)[nH]c2cnn1-c1ccccc1. The lowest BCUT2D eigenvalue weighted by atomic mass is 10.3. The highest BCUT2D eigenvalue weighted by Crippen LogP contribution is 2.06. The van der Waals surface area contributed by atoms with Crippen LogP contribution in [0.1, 0.15) is 0 Å². The van der Waals surface area contributed by atoms with Gasteiger partial charge in [-0.25, -0.2) is 0 Å². The molecule has 0 aliphatic heterocycles. The highest BCUT2D eigenvalue weighted by Gasteiger charge is 2.06. The highest BCUT2D eigenvalue weighted by molar-refractivity contribution is 7.71. The molecule has 0 radical (unpaired) electrons. The van der Waals surface area contributed by atoms with Gasteiger partial charge in [-0.3, -0.25) is 4.79 Å². The van der Waals surface area contributed by atoms with Gasteiger partial charge in [0.15, 0.2) is 4.77 Å². The Labute approximate surface area is 101 Å². The number of fused-ring (bicyclic) bond motifs is 1. The zero-order valence-corrected chi connectivity index (χ0v) is 9.49. The van der Waals surface area contributed by atoms with Gasteiger partial charge in [0.1, 0.15) is 5.52 Å². The van der Waals surface area contributed by atoms with E-state index in [-0.39, 0.29) is 5.56 Å². The third kappa shape index (κ3) is 1.58. The fourth-order valence-corrected chi connectivity index (χ4v) is 1.90. The Bertz CT molecular complexity index is 784. The average molecular weight is 244 g/mol. The van der Waals surface area contributed by atoms with E-state index in [1.165, 1.54) is 4.68 Å². The van der Waals surface area contributed by atoms with Crippen LogP contribution in [0.5, 0.6) is 0 Å². The van der Waals surface area contributed by atoms with Crippen LogP contribution in [0.15, 0.2) is 41.3 Å². The summed E-state index contributed by atoms with van der Waals surface area (Å²) in [6, 6.07) is 9.24. The van der Waals surface area contributed by atoms with Gasteiger partial charge in [-0.05, 0) is 24.4 Å². The quantitative estimate of drug-likeness (QED) is 0.641. The van der Waals surface area contributed by atoms with Crippen LogP contribution in [0.4, 0.5) is 0 Å². The van der Waals surface area contributed by atoms with Crippen molar-refractivity contribution >= 4 is 23.3 Å². The van der Waals surface area contributed by atoms with E-state index in [0.717, 1.165) is 5.69 Å². The lowest BCUT2D eigenvalue weighted by molar-refractivity contribution is 0.818. The first-order valence-corrected chi connectivity index (χ1v) is 5.42. The number of aromatic nitrogens is 4. The molecule has 0 fully saturated rings. The molecule has 1 aromatic carbocycles. The largest absolute Gasteiger partial charge is 0.329 e. The fourth-order valence-electron chi connectivity index (χ4n) is 1.69. The summed E-state index contributed by atoms with van der Waals surface area (Å²) in [5.41, 5.74) is 1.56. The van der Waals surface area contributed by atoms with Gasteiger partial charge in [0, 0.05) is 0 Å². The number of para-hydroxylation sites is 1. The standard InChI is InChI=1S/C11H8N4OS/c16-10-9-8(13-11(17)14-9)6-12-15(10)7-4-2-1-3-5-7/h1-6H,(H2,13,14,17). The second kappa shape index (κ2) is 3.67. The Hall–Kier alpha value is -2.21. The summed E-state index contributed by atoms with van der Waals surface area (Å²) in [5.74, 6) is 0. The minimum absolute atomic E-state index is 0.221. The Morgan fingerprint density at radius 1 is 1.18 bits per heavy atom. The van der Waals surface area contributed by atoms with Crippen molar-refractivity contribution in [1.29, 1.82) is 0 Å². The maximum absolute atomic E-state index is 12.1. The fraction of sp³-hybridized carbons (Fsp3) is 0.